The number of benzene rings is 1. The van der Waals surface area contributed by atoms with E-state index in [1.165, 1.54) is 5.56 Å². The number of ether oxygens (including phenoxy) is 2. The van der Waals surface area contributed by atoms with Crippen LogP contribution in [0, 0.1) is 0 Å². The first kappa shape index (κ1) is 16.0. The lowest BCUT2D eigenvalue weighted by molar-refractivity contribution is 0.182. The van der Waals surface area contributed by atoms with Crippen molar-refractivity contribution in [3.05, 3.63) is 29.8 Å². The summed E-state index contributed by atoms with van der Waals surface area (Å²) in [5.41, 5.74) is 1.36. The van der Waals surface area contributed by atoms with Crippen LogP contribution in [-0.4, -0.2) is 32.9 Å². The Kier molecular flexibility index (Phi) is 7.53. The second-order valence-corrected chi connectivity index (χ2v) is 5.14. The van der Waals surface area contributed by atoms with Crippen LogP contribution >= 0.6 is 0 Å². The highest BCUT2D eigenvalue weighted by molar-refractivity contribution is 5.27. The van der Waals surface area contributed by atoms with Crippen LogP contribution in [0.15, 0.2) is 24.3 Å². The molecule has 1 N–H and O–H groups in total. The van der Waals surface area contributed by atoms with Gasteiger partial charge in [0, 0.05) is 25.8 Å². The van der Waals surface area contributed by atoms with Gasteiger partial charge in [-0.05, 0) is 50.8 Å². The average molecular weight is 265 g/mol. The molecule has 0 radical (unpaired) electrons. The molecule has 0 saturated heterocycles. The van der Waals surface area contributed by atoms with Crippen LogP contribution in [0.2, 0.25) is 0 Å². The maximum atomic E-state index is 5.16. The number of rotatable bonds is 9. The Hall–Kier alpha value is -1.06. The fraction of sp³-hybridized carbons (Fsp3) is 0.625. The number of methoxy groups -OCH3 is 2. The van der Waals surface area contributed by atoms with E-state index in [1.807, 2.05) is 12.1 Å². The Labute approximate surface area is 117 Å². The van der Waals surface area contributed by atoms with Crippen molar-refractivity contribution in [2.75, 3.05) is 20.8 Å². The molecule has 0 saturated carbocycles. The van der Waals surface area contributed by atoms with Crippen molar-refractivity contribution in [3.8, 4) is 5.75 Å². The normalized spacial score (nSPS) is 14.1. The summed E-state index contributed by atoms with van der Waals surface area (Å²) in [6.45, 7) is 5.27. The lowest BCUT2D eigenvalue weighted by atomic mass is 10.1. The van der Waals surface area contributed by atoms with Gasteiger partial charge in [-0.15, -0.1) is 0 Å². The summed E-state index contributed by atoms with van der Waals surface area (Å²) in [5, 5.41) is 3.60. The molecule has 0 aliphatic heterocycles. The first-order valence-corrected chi connectivity index (χ1v) is 7.03. The van der Waals surface area contributed by atoms with E-state index in [4.69, 9.17) is 9.47 Å². The van der Waals surface area contributed by atoms with Crippen molar-refractivity contribution < 1.29 is 9.47 Å². The van der Waals surface area contributed by atoms with Gasteiger partial charge in [-0.2, -0.15) is 0 Å². The van der Waals surface area contributed by atoms with Gasteiger partial charge < -0.3 is 14.8 Å². The molecule has 0 heterocycles. The van der Waals surface area contributed by atoms with Gasteiger partial charge in [-0.25, -0.2) is 0 Å². The molecule has 0 aliphatic carbocycles. The zero-order chi connectivity index (χ0) is 14.1. The first-order chi connectivity index (χ1) is 9.15. The fourth-order valence-corrected chi connectivity index (χ4v) is 2.12. The van der Waals surface area contributed by atoms with Gasteiger partial charge in [-0.1, -0.05) is 12.1 Å². The SMILES string of the molecule is COCCC(C)NC(C)CCc1ccc(OC)cc1. The lowest BCUT2D eigenvalue weighted by Crippen LogP contribution is -2.35. The highest BCUT2D eigenvalue weighted by Gasteiger charge is 2.07. The molecule has 2 unspecified atom stereocenters. The van der Waals surface area contributed by atoms with E-state index in [-0.39, 0.29) is 0 Å². The van der Waals surface area contributed by atoms with E-state index in [9.17, 15) is 0 Å². The second kappa shape index (κ2) is 8.94. The molecule has 3 nitrogen and oxygen atoms in total. The Morgan fingerprint density at radius 2 is 1.63 bits per heavy atom. The molecule has 1 aromatic rings. The van der Waals surface area contributed by atoms with E-state index in [2.05, 4.69) is 31.3 Å². The van der Waals surface area contributed by atoms with Gasteiger partial charge in [0.25, 0.3) is 0 Å². The Bertz CT molecular complexity index is 337. The highest BCUT2D eigenvalue weighted by atomic mass is 16.5. The summed E-state index contributed by atoms with van der Waals surface area (Å²) in [7, 11) is 3.45. The van der Waals surface area contributed by atoms with E-state index >= 15 is 0 Å². The van der Waals surface area contributed by atoms with Gasteiger partial charge in [0.05, 0.1) is 7.11 Å². The van der Waals surface area contributed by atoms with Gasteiger partial charge in [0.1, 0.15) is 5.75 Å². The van der Waals surface area contributed by atoms with Gasteiger partial charge in [-0.3, -0.25) is 0 Å². The van der Waals surface area contributed by atoms with Crippen LogP contribution in [-0.2, 0) is 11.2 Å². The van der Waals surface area contributed by atoms with Gasteiger partial charge >= 0.3 is 0 Å². The average Bonchev–Trinajstić information content (AvgIpc) is 2.43. The molecule has 2 atom stereocenters. The van der Waals surface area contributed by atoms with Crippen molar-refractivity contribution in [2.45, 2.75) is 45.2 Å². The molecule has 0 aromatic heterocycles. The van der Waals surface area contributed by atoms with Crippen molar-refractivity contribution >= 4 is 0 Å². The molecule has 108 valence electrons. The van der Waals surface area contributed by atoms with Gasteiger partial charge in [0.15, 0.2) is 0 Å². The molecule has 19 heavy (non-hydrogen) atoms. The largest absolute Gasteiger partial charge is 0.497 e. The van der Waals surface area contributed by atoms with Crippen LogP contribution in [0.5, 0.6) is 5.75 Å². The van der Waals surface area contributed by atoms with Crippen molar-refractivity contribution in [1.82, 2.24) is 5.32 Å². The third-order valence-electron chi connectivity index (χ3n) is 3.35. The Balaban J connectivity index is 2.26. The quantitative estimate of drug-likeness (QED) is 0.744. The molecule has 0 spiro atoms. The summed E-state index contributed by atoms with van der Waals surface area (Å²) < 4.78 is 10.3. The fourth-order valence-electron chi connectivity index (χ4n) is 2.12. The first-order valence-electron chi connectivity index (χ1n) is 7.03. The van der Waals surface area contributed by atoms with Crippen molar-refractivity contribution in [3.63, 3.8) is 0 Å². The highest BCUT2D eigenvalue weighted by Crippen LogP contribution is 2.13. The topological polar surface area (TPSA) is 30.5 Å². The molecule has 0 fully saturated rings. The van der Waals surface area contributed by atoms with Crippen LogP contribution < -0.4 is 10.1 Å². The molecular weight excluding hydrogens is 238 g/mol. The summed E-state index contributed by atoms with van der Waals surface area (Å²) in [4.78, 5) is 0. The minimum Gasteiger partial charge on any atom is -0.497 e. The number of aryl methyl sites for hydroxylation is 1. The number of hydrogen-bond acceptors (Lipinski definition) is 3. The predicted octanol–water partition coefficient (Wildman–Crippen LogP) is 3.03. The number of hydrogen-bond donors (Lipinski definition) is 1. The summed E-state index contributed by atoms with van der Waals surface area (Å²) in [6.07, 6.45) is 3.29. The van der Waals surface area contributed by atoms with E-state index < -0.39 is 0 Å². The van der Waals surface area contributed by atoms with Crippen molar-refractivity contribution in [2.24, 2.45) is 0 Å². The maximum absolute atomic E-state index is 5.16. The van der Waals surface area contributed by atoms with E-state index in [1.54, 1.807) is 14.2 Å². The lowest BCUT2D eigenvalue weighted by Gasteiger charge is -2.19. The van der Waals surface area contributed by atoms with Gasteiger partial charge in [0.2, 0.25) is 0 Å². The maximum Gasteiger partial charge on any atom is 0.118 e. The monoisotopic (exact) mass is 265 g/mol. The minimum atomic E-state index is 0.505. The summed E-state index contributed by atoms with van der Waals surface area (Å²) in [5.74, 6) is 0.920. The third-order valence-corrected chi connectivity index (χ3v) is 3.35. The number of nitrogens with one attached hydrogen (secondary N) is 1. The molecule has 0 bridgehead atoms. The van der Waals surface area contributed by atoms with E-state index in [0.29, 0.717) is 12.1 Å². The van der Waals surface area contributed by atoms with Crippen LogP contribution in [0.3, 0.4) is 0 Å². The zero-order valence-corrected chi connectivity index (χ0v) is 12.6. The summed E-state index contributed by atoms with van der Waals surface area (Å²) in [6, 6.07) is 9.35. The third kappa shape index (κ3) is 6.60. The summed E-state index contributed by atoms with van der Waals surface area (Å²) >= 11 is 0. The van der Waals surface area contributed by atoms with Crippen molar-refractivity contribution in [1.29, 1.82) is 0 Å². The predicted molar refractivity (Wildman–Crippen MR) is 79.9 cm³/mol. The van der Waals surface area contributed by atoms with Crippen LogP contribution in [0.4, 0.5) is 0 Å². The molecule has 3 heteroatoms. The van der Waals surface area contributed by atoms with E-state index in [0.717, 1.165) is 31.6 Å². The molecular formula is C16H27NO2. The zero-order valence-electron chi connectivity index (χ0n) is 12.6. The van der Waals surface area contributed by atoms with Crippen LogP contribution in [0.1, 0.15) is 32.3 Å². The molecule has 1 rings (SSSR count). The smallest absolute Gasteiger partial charge is 0.118 e. The second-order valence-electron chi connectivity index (χ2n) is 5.14. The standard InChI is InChI=1S/C16H27NO2/c1-13(17-14(2)11-12-18-3)5-6-15-7-9-16(19-4)10-8-15/h7-10,13-14,17H,5-6,11-12H2,1-4H3. The Morgan fingerprint density at radius 3 is 2.21 bits per heavy atom. The molecule has 0 amide bonds. The van der Waals surface area contributed by atoms with Crippen LogP contribution in [0.25, 0.3) is 0 Å². The molecule has 0 aliphatic rings. The Morgan fingerprint density at radius 1 is 1.00 bits per heavy atom. The molecule has 1 aromatic carbocycles. The minimum absolute atomic E-state index is 0.505.